The van der Waals surface area contributed by atoms with Crippen LogP contribution in [0.4, 0.5) is 19.3 Å². The molecule has 1 aromatic carbocycles. The Morgan fingerprint density at radius 3 is 2.45 bits per heavy atom. The highest BCUT2D eigenvalue weighted by Crippen LogP contribution is 2.21. The molecule has 0 saturated carbocycles. The molecule has 122 valence electrons. The molecule has 1 heterocycles. The minimum absolute atomic E-state index is 0.00275. The lowest BCUT2D eigenvalue weighted by molar-refractivity contribution is 0.0512. The van der Waals surface area contributed by atoms with Gasteiger partial charge in [0.05, 0.1) is 11.5 Å². The molecule has 1 aromatic rings. The van der Waals surface area contributed by atoms with Crippen molar-refractivity contribution in [1.82, 2.24) is 10.0 Å². The molecule has 6 nitrogen and oxygen atoms in total. The van der Waals surface area contributed by atoms with Crippen LogP contribution in [-0.2, 0) is 9.84 Å². The van der Waals surface area contributed by atoms with Gasteiger partial charge in [-0.2, -0.15) is 0 Å². The minimum atomic E-state index is -3.04. The Kier molecular flexibility index (Phi) is 4.66. The highest BCUT2D eigenvalue weighted by atomic mass is 32.2. The van der Waals surface area contributed by atoms with E-state index in [9.17, 15) is 22.0 Å². The Labute approximate surface area is 127 Å². The molecule has 0 unspecified atom stereocenters. The van der Waals surface area contributed by atoms with Gasteiger partial charge in [0, 0.05) is 31.4 Å². The second kappa shape index (κ2) is 6.17. The van der Waals surface area contributed by atoms with Crippen molar-refractivity contribution in [3.8, 4) is 0 Å². The summed E-state index contributed by atoms with van der Waals surface area (Å²) >= 11 is 0. The zero-order chi connectivity index (χ0) is 16.5. The SMILES string of the molecule is Cc1c(NC(=O)N(C)N2CCS(=O)(=O)CC2)ccc(F)c1F. The van der Waals surface area contributed by atoms with Crippen LogP contribution in [0.5, 0.6) is 0 Å². The van der Waals surface area contributed by atoms with E-state index >= 15 is 0 Å². The van der Waals surface area contributed by atoms with E-state index in [-0.39, 0.29) is 35.8 Å². The van der Waals surface area contributed by atoms with Gasteiger partial charge < -0.3 is 5.32 Å². The molecule has 1 aliphatic rings. The molecule has 1 fully saturated rings. The van der Waals surface area contributed by atoms with Crippen molar-refractivity contribution in [1.29, 1.82) is 0 Å². The Morgan fingerprint density at radius 2 is 1.86 bits per heavy atom. The number of anilines is 1. The summed E-state index contributed by atoms with van der Waals surface area (Å²) in [5, 5.41) is 5.32. The van der Waals surface area contributed by atoms with Gasteiger partial charge in [-0.1, -0.05) is 0 Å². The molecular weight excluding hydrogens is 316 g/mol. The fourth-order valence-corrected chi connectivity index (χ4v) is 3.30. The monoisotopic (exact) mass is 333 g/mol. The molecule has 1 N–H and O–H groups in total. The van der Waals surface area contributed by atoms with Crippen molar-refractivity contribution >= 4 is 21.6 Å². The maximum atomic E-state index is 13.5. The molecule has 0 bridgehead atoms. The third kappa shape index (κ3) is 3.53. The second-order valence-electron chi connectivity index (χ2n) is 5.09. The average Bonchev–Trinajstić information content (AvgIpc) is 2.47. The molecule has 0 aliphatic carbocycles. The van der Waals surface area contributed by atoms with E-state index in [1.165, 1.54) is 25.0 Å². The molecule has 0 radical (unpaired) electrons. The summed E-state index contributed by atoms with van der Waals surface area (Å²) in [4.78, 5) is 12.1. The number of rotatable bonds is 2. The normalized spacial score (nSPS) is 18.0. The Bertz CT molecular complexity index is 680. The van der Waals surface area contributed by atoms with Crippen LogP contribution in [0.25, 0.3) is 0 Å². The van der Waals surface area contributed by atoms with Crippen LogP contribution in [0, 0.1) is 18.6 Å². The zero-order valence-corrected chi connectivity index (χ0v) is 13.1. The fraction of sp³-hybridized carbons (Fsp3) is 0.462. The number of nitrogens with one attached hydrogen (secondary N) is 1. The van der Waals surface area contributed by atoms with E-state index in [4.69, 9.17) is 0 Å². The van der Waals surface area contributed by atoms with Gasteiger partial charge in [-0.05, 0) is 19.1 Å². The summed E-state index contributed by atoms with van der Waals surface area (Å²) in [5.74, 6) is -2.03. The Hall–Kier alpha value is -1.74. The van der Waals surface area contributed by atoms with E-state index in [1.54, 1.807) is 5.01 Å². The smallest absolute Gasteiger partial charge is 0.306 e. The lowest BCUT2D eigenvalue weighted by atomic mass is 10.2. The molecule has 9 heteroatoms. The number of amides is 2. The summed E-state index contributed by atoms with van der Waals surface area (Å²) in [6, 6.07) is 1.67. The molecule has 1 saturated heterocycles. The molecule has 2 rings (SSSR count). The number of hydrogen-bond acceptors (Lipinski definition) is 4. The lowest BCUT2D eigenvalue weighted by Gasteiger charge is -2.34. The van der Waals surface area contributed by atoms with E-state index in [1.807, 2.05) is 0 Å². The summed E-state index contributed by atoms with van der Waals surface area (Å²) < 4.78 is 49.3. The molecular formula is C13H17F2N3O3S. The van der Waals surface area contributed by atoms with E-state index in [0.29, 0.717) is 0 Å². The summed E-state index contributed by atoms with van der Waals surface area (Å²) in [7, 11) is -1.55. The predicted octanol–water partition coefficient (Wildman–Crippen LogP) is 1.38. The predicted molar refractivity (Wildman–Crippen MR) is 78.1 cm³/mol. The summed E-state index contributed by atoms with van der Waals surface area (Å²) in [6.07, 6.45) is 0. The highest BCUT2D eigenvalue weighted by molar-refractivity contribution is 7.91. The van der Waals surface area contributed by atoms with Gasteiger partial charge in [0.25, 0.3) is 0 Å². The Morgan fingerprint density at radius 1 is 1.27 bits per heavy atom. The van der Waals surface area contributed by atoms with Crippen LogP contribution >= 0.6 is 0 Å². The Balaban J connectivity index is 2.05. The maximum Gasteiger partial charge on any atom is 0.336 e. The highest BCUT2D eigenvalue weighted by Gasteiger charge is 2.26. The standard InChI is InChI=1S/C13H17F2N3O3S/c1-9-11(4-3-10(14)12(9)15)16-13(19)17(2)18-5-7-22(20,21)8-6-18/h3-4H,5-8H2,1-2H3,(H,16,19). The van der Waals surface area contributed by atoms with Crippen molar-refractivity contribution in [3.05, 3.63) is 29.3 Å². The molecule has 0 spiro atoms. The van der Waals surface area contributed by atoms with E-state index < -0.39 is 27.5 Å². The number of halogens is 2. The first-order valence-corrected chi connectivity index (χ1v) is 8.48. The van der Waals surface area contributed by atoms with Crippen molar-refractivity contribution < 1.29 is 22.0 Å². The number of carbonyl (C=O) groups excluding carboxylic acids is 1. The zero-order valence-electron chi connectivity index (χ0n) is 12.3. The number of hydrogen-bond donors (Lipinski definition) is 1. The number of nitrogens with zero attached hydrogens (tertiary/aromatic N) is 2. The number of urea groups is 1. The molecule has 0 atom stereocenters. The lowest BCUT2D eigenvalue weighted by Crippen LogP contribution is -2.52. The van der Waals surface area contributed by atoms with E-state index in [0.717, 1.165) is 6.07 Å². The van der Waals surface area contributed by atoms with Crippen LogP contribution in [-0.4, -0.2) is 56.1 Å². The summed E-state index contributed by atoms with van der Waals surface area (Å²) in [5.41, 5.74) is 0.170. The third-order valence-corrected chi connectivity index (χ3v) is 5.23. The van der Waals surface area contributed by atoms with Gasteiger partial charge in [0.2, 0.25) is 0 Å². The number of sulfone groups is 1. The van der Waals surface area contributed by atoms with Gasteiger partial charge >= 0.3 is 6.03 Å². The van der Waals surface area contributed by atoms with Gasteiger partial charge in [0.15, 0.2) is 21.5 Å². The van der Waals surface area contributed by atoms with Crippen LogP contribution in [0.3, 0.4) is 0 Å². The van der Waals surface area contributed by atoms with Gasteiger partial charge in [-0.3, -0.25) is 5.01 Å². The van der Waals surface area contributed by atoms with Crippen LogP contribution in [0.1, 0.15) is 5.56 Å². The molecule has 0 aromatic heterocycles. The first-order valence-electron chi connectivity index (χ1n) is 6.66. The number of hydrazine groups is 1. The quantitative estimate of drug-likeness (QED) is 0.888. The maximum absolute atomic E-state index is 13.5. The fourth-order valence-electron chi connectivity index (χ4n) is 2.11. The van der Waals surface area contributed by atoms with Crippen LogP contribution in [0.2, 0.25) is 0 Å². The average molecular weight is 333 g/mol. The van der Waals surface area contributed by atoms with Gasteiger partial charge in [-0.15, -0.1) is 0 Å². The van der Waals surface area contributed by atoms with Crippen LogP contribution < -0.4 is 5.32 Å². The second-order valence-corrected chi connectivity index (χ2v) is 7.40. The molecule has 22 heavy (non-hydrogen) atoms. The van der Waals surface area contributed by atoms with Gasteiger partial charge in [-0.25, -0.2) is 27.0 Å². The van der Waals surface area contributed by atoms with Crippen LogP contribution in [0.15, 0.2) is 12.1 Å². The number of carbonyl (C=O) groups is 1. The van der Waals surface area contributed by atoms with Crippen molar-refractivity contribution in [2.24, 2.45) is 0 Å². The molecule has 1 aliphatic heterocycles. The number of benzene rings is 1. The largest absolute Gasteiger partial charge is 0.336 e. The topological polar surface area (TPSA) is 69.7 Å². The summed E-state index contributed by atoms with van der Waals surface area (Å²) in [6.45, 7) is 1.79. The van der Waals surface area contributed by atoms with E-state index in [2.05, 4.69) is 5.32 Å². The molecule has 2 amide bonds. The first kappa shape index (κ1) is 16.6. The first-order chi connectivity index (χ1) is 10.2. The van der Waals surface area contributed by atoms with Crippen molar-refractivity contribution in [2.45, 2.75) is 6.92 Å². The van der Waals surface area contributed by atoms with Crippen molar-refractivity contribution in [3.63, 3.8) is 0 Å². The minimum Gasteiger partial charge on any atom is -0.306 e. The third-order valence-electron chi connectivity index (χ3n) is 3.62. The van der Waals surface area contributed by atoms with Crippen molar-refractivity contribution in [2.75, 3.05) is 37.0 Å². The van der Waals surface area contributed by atoms with Gasteiger partial charge in [0.1, 0.15) is 0 Å².